The van der Waals surface area contributed by atoms with Crippen LogP contribution in [0.1, 0.15) is 53.9 Å². The van der Waals surface area contributed by atoms with E-state index >= 15 is 0 Å². The summed E-state index contributed by atoms with van der Waals surface area (Å²) < 4.78 is 0. The van der Waals surface area contributed by atoms with Crippen LogP contribution in [0.25, 0.3) is 10.8 Å². The second-order valence-electron chi connectivity index (χ2n) is 9.69. The van der Waals surface area contributed by atoms with Crippen LogP contribution in [0.5, 0.6) is 0 Å². The number of fused-ring (bicyclic) bond motifs is 1. The minimum Gasteiger partial charge on any atom is -0.356 e. The van der Waals surface area contributed by atoms with Crippen LogP contribution in [-0.2, 0) is 25.6 Å². The lowest BCUT2D eigenvalue weighted by Crippen LogP contribution is -2.51. The van der Waals surface area contributed by atoms with Crippen LogP contribution in [0.3, 0.4) is 0 Å². The first-order valence-corrected chi connectivity index (χ1v) is 14.9. The van der Waals surface area contributed by atoms with Gasteiger partial charge in [-0.2, -0.15) is 0 Å². The average Bonchev–Trinajstić information content (AvgIpc) is 3.43. The summed E-state index contributed by atoms with van der Waals surface area (Å²) in [6.45, 7) is 6.07. The molecule has 0 bridgehead atoms. The van der Waals surface area contributed by atoms with Crippen molar-refractivity contribution in [2.45, 2.75) is 58.5 Å². The third-order valence-corrected chi connectivity index (χ3v) is 7.88. The van der Waals surface area contributed by atoms with Gasteiger partial charge in [-0.15, -0.1) is 11.3 Å². The summed E-state index contributed by atoms with van der Waals surface area (Å²) in [4.78, 5) is 62.9. The average molecular weight is 579 g/mol. The van der Waals surface area contributed by atoms with Gasteiger partial charge in [0.2, 0.25) is 17.7 Å². The molecule has 1 saturated heterocycles. The second-order valence-corrected chi connectivity index (χ2v) is 10.6. The predicted octanol–water partition coefficient (Wildman–Crippen LogP) is 3.29. The van der Waals surface area contributed by atoms with E-state index in [1.807, 2.05) is 74.7 Å². The third kappa shape index (κ3) is 8.72. The lowest BCUT2D eigenvalue weighted by molar-refractivity contribution is -0.129. The predicted molar refractivity (Wildman–Crippen MR) is 161 cm³/mol. The fraction of sp³-hybridized carbons (Fsp3) is 0.387. The van der Waals surface area contributed by atoms with Crippen molar-refractivity contribution < 1.29 is 24.0 Å². The van der Waals surface area contributed by atoms with Crippen molar-refractivity contribution in [3.8, 4) is 0 Å². The number of carbonyl (C=O) groups is 5. The Hall–Kier alpha value is -4.05. The summed E-state index contributed by atoms with van der Waals surface area (Å²) in [6, 6.07) is 13.6. The molecule has 4 amide bonds. The number of hydrogen-bond donors (Lipinski definition) is 4. The van der Waals surface area contributed by atoms with Crippen LogP contribution in [0.15, 0.2) is 53.9 Å². The summed E-state index contributed by atoms with van der Waals surface area (Å²) in [5.74, 6) is -1.90. The number of nitrogens with one attached hydrogen (secondary N) is 4. The highest BCUT2D eigenvalue weighted by molar-refractivity contribution is 7.12. The molecule has 0 radical (unpaired) electrons. The van der Waals surface area contributed by atoms with Gasteiger partial charge in [0.05, 0.1) is 17.5 Å². The van der Waals surface area contributed by atoms with Crippen LogP contribution >= 0.6 is 11.3 Å². The van der Waals surface area contributed by atoms with Crippen molar-refractivity contribution >= 4 is 52.0 Å². The standard InChI is InChI=1S/C29H32N4O5S.C2H6/c1-18-11-13-39-26(18)29(38)33-24(15-20-8-4-7-19-6-2-3-10-23(19)20)28(37)31-16-25(35)32-22(17-34)14-21-9-5-12-30-27(21)36;1-2/h2-4,6-8,10-11,13,17,21-22,24H,5,9,12,14-16H2,1H3,(H,30,36)(H,31,37)(H,32,35)(H,33,38);1-2H3/t21-,22?,24-;/m0./s1. The van der Waals surface area contributed by atoms with Crippen LogP contribution in [0.2, 0.25) is 0 Å². The van der Waals surface area contributed by atoms with Gasteiger partial charge in [0, 0.05) is 18.9 Å². The molecule has 4 rings (SSSR count). The molecule has 41 heavy (non-hydrogen) atoms. The lowest BCUT2D eigenvalue weighted by Gasteiger charge is -2.24. The van der Waals surface area contributed by atoms with Crippen LogP contribution < -0.4 is 21.3 Å². The fourth-order valence-corrected chi connectivity index (χ4v) is 5.62. The number of thiophene rings is 1. The highest BCUT2D eigenvalue weighted by atomic mass is 32.1. The largest absolute Gasteiger partial charge is 0.356 e. The molecule has 1 fully saturated rings. The molecular weight excluding hydrogens is 540 g/mol. The first-order valence-electron chi connectivity index (χ1n) is 14.0. The Morgan fingerprint density at radius 3 is 2.54 bits per heavy atom. The Balaban J connectivity index is 0.00000226. The van der Waals surface area contributed by atoms with E-state index in [0.29, 0.717) is 24.1 Å². The Kier molecular flexibility index (Phi) is 12.0. The minimum absolute atomic E-state index is 0.122. The van der Waals surface area contributed by atoms with Gasteiger partial charge < -0.3 is 26.1 Å². The summed E-state index contributed by atoms with van der Waals surface area (Å²) in [5.41, 5.74) is 1.69. The first kappa shape index (κ1) is 31.5. The highest BCUT2D eigenvalue weighted by Gasteiger charge is 2.27. The van der Waals surface area contributed by atoms with E-state index in [4.69, 9.17) is 0 Å². The maximum absolute atomic E-state index is 13.3. The van der Waals surface area contributed by atoms with Gasteiger partial charge in [0.25, 0.3) is 5.91 Å². The summed E-state index contributed by atoms with van der Waals surface area (Å²) >= 11 is 1.29. The van der Waals surface area contributed by atoms with Crippen molar-refractivity contribution in [3.05, 3.63) is 69.9 Å². The van der Waals surface area contributed by atoms with Crippen molar-refractivity contribution in [1.29, 1.82) is 0 Å². The third-order valence-electron chi connectivity index (χ3n) is 6.87. The van der Waals surface area contributed by atoms with Gasteiger partial charge in [0.15, 0.2) is 0 Å². The molecule has 1 aliphatic heterocycles. The minimum atomic E-state index is -0.939. The molecule has 0 aliphatic carbocycles. The monoisotopic (exact) mass is 578 g/mol. The van der Waals surface area contributed by atoms with Gasteiger partial charge in [-0.25, -0.2) is 0 Å². The zero-order chi connectivity index (χ0) is 29.8. The van der Waals surface area contributed by atoms with Gasteiger partial charge in [-0.3, -0.25) is 19.2 Å². The van der Waals surface area contributed by atoms with E-state index in [-0.39, 0.29) is 37.1 Å². The summed E-state index contributed by atoms with van der Waals surface area (Å²) in [7, 11) is 0. The Labute approximate surface area is 244 Å². The normalized spacial score (nSPS) is 15.9. The van der Waals surface area contributed by atoms with Gasteiger partial charge in [-0.05, 0) is 59.5 Å². The molecule has 3 atom stereocenters. The quantitative estimate of drug-likeness (QED) is 0.259. The van der Waals surface area contributed by atoms with Gasteiger partial charge >= 0.3 is 0 Å². The highest BCUT2D eigenvalue weighted by Crippen LogP contribution is 2.21. The Morgan fingerprint density at radius 1 is 1.07 bits per heavy atom. The number of aldehydes is 1. The number of piperidine rings is 1. The Bertz CT molecular complexity index is 1370. The van der Waals surface area contributed by atoms with Crippen molar-refractivity contribution in [2.24, 2.45) is 5.92 Å². The molecule has 0 saturated carbocycles. The van der Waals surface area contributed by atoms with Crippen LogP contribution in [0, 0.1) is 12.8 Å². The van der Waals surface area contributed by atoms with E-state index in [1.54, 1.807) is 0 Å². The van der Waals surface area contributed by atoms with Crippen LogP contribution in [0.4, 0.5) is 0 Å². The summed E-state index contributed by atoms with van der Waals surface area (Å²) in [5, 5.41) is 14.6. The molecule has 9 nitrogen and oxygen atoms in total. The molecule has 2 heterocycles. The molecule has 4 N–H and O–H groups in total. The topological polar surface area (TPSA) is 133 Å². The molecule has 1 aromatic heterocycles. The molecule has 3 aromatic rings. The van der Waals surface area contributed by atoms with E-state index in [2.05, 4.69) is 21.3 Å². The molecular formula is C31H38N4O5S. The molecule has 1 aliphatic rings. The Morgan fingerprint density at radius 2 is 1.83 bits per heavy atom. The zero-order valence-corrected chi connectivity index (χ0v) is 24.5. The number of benzene rings is 2. The molecule has 2 aromatic carbocycles. The smallest absolute Gasteiger partial charge is 0.262 e. The van der Waals surface area contributed by atoms with Gasteiger partial charge in [0.1, 0.15) is 12.3 Å². The lowest BCUT2D eigenvalue weighted by atomic mass is 9.92. The van der Waals surface area contributed by atoms with Crippen molar-refractivity contribution in [2.75, 3.05) is 13.1 Å². The number of carbonyl (C=O) groups excluding carboxylic acids is 5. The molecule has 0 spiro atoms. The maximum Gasteiger partial charge on any atom is 0.262 e. The summed E-state index contributed by atoms with van der Waals surface area (Å²) in [6.07, 6.45) is 2.50. The second kappa shape index (κ2) is 15.7. The van der Waals surface area contributed by atoms with Gasteiger partial charge in [-0.1, -0.05) is 56.3 Å². The SMILES string of the molecule is CC.Cc1ccsc1C(=O)N[C@@H](Cc1cccc2ccccc12)C(=O)NCC(=O)NC(C=O)C[C@@H]1CCCNC1=O. The number of rotatable bonds is 11. The van der Waals surface area contributed by atoms with Crippen molar-refractivity contribution in [1.82, 2.24) is 21.3 Å². The van der Waals surface area contributed by atoms with E-state index in [0.717, 1.165) is 28.3 Å². The van der Waals surface area contributed by atoms with Crippen LogP contribution in [-0.4, -0.2) is 55.1 Å². The molecule has 10 heteroatoms. The number of hydrogen-bond acceptors (Lipinski definition) is 6. The van der Waals surface area contributed by atoms with E-state index < -0.39 is 23.9 Å². The number of amides is 4. The fourth-order valence-electron chi connectivity index (χ4n) is 4.79. The first-order chi connectivity index (χ1) is 19.9. The zero-order valence-electron chi connectivity index (χ0n) is 23.7. The van der Waals surface area contributed by atoms with E-state index in [9.17, 15) is 24.0 Å². The molecule has 218 valence electrons. The van der Waals surface area contributed by atoms with Crippen molar-refractivity contribution in [3.63, 3.8) is 0 Å². The maximum atomic E-state index is 13.3. The number of aryl methyl sites for hydroxylation is 1. The van der Waals surface area contributed by atoms with E-state index in [1.165, 1.54) is 11.3 Å². The molecule has 1 unspecified atom stereocenters.